The van der Waals surface area contributed by atoms with Gasteiger partial charge in [0.2, 0.25) is 0 Å². The van der Waals surface area contributed by atoms with E-state index in [1.165, 1.54) is 5.69 Å². The second-order valence-corrected chi connectivity index (χ2v) is 8.74. The number of carbonyl (C=O) groups is 2. The second-order valence-electron chi connectivity index (χ2n) is 8.31. The Morgan fingerprint density at radius 3 is 2.00 bits per heavy atom. The zero-order valence-corrected chi connectivity index (χ0v) is 20.8. The van der Waals surface area contributed by atoms with Crippen LogP contribution in [0.2, 0.25) is 5.02 Å². The number of rotatable bonds is 7. The first-order valence-corrected chi connectivity index (χ1v) is 11.8. The van der Waals surface area contributed by atoms with Crippen LogP contribution >= 0.6 is 11.6 Å². The molecule has 2 N–H and O–H groups in total. The zero-order chi connectivity index (χ0) is 26.2. The maximum atomic E-state index is 12.9. The lowest BCUT2D eigenvalue weighted by molar-refractivity contribution is -0.134. The molecule has 0 radical (unpaired) electrons. The van der Waals surface area contributed by atoms with Crippen LogP contribution in [0.25, 0.3) is 16.7 Å². The molecule has 1 aromatic heterocycles. The minimum Gasteiger partial charge on any atom is -0.478 e. The summed E-state index contributed by atoms with van der Waals surface area (Å²) in [5, 5.41) is 16.4. The number of piperazine rings is 1. The Labute approximate surface area is 213 Å². The van der Waals surface area contributed by atoms with Crippen LogP contribution in [0.3, 0.4) is 0 Å². The minimum absolute atomic E-state index is 0.00602. The van der Waals surface area contributed by atoms with Gasteiger partial charge < -0.3 is 15.1 Å². The molecule has 10 heteroatoms. The van der Waals surface area contributed by atoms with Gasteiger partial charge in [-0.3, -0.25) is 14.0 Å². The van der Waals surface area contributed by atoms with Crippen molar-refractivity contribution in [2.45, 2.75) is 13.5 Å². The van der Waals surface area contributed by atoms with Crippen molar-refractivity contribution >= 4 is 46.0 Å². The van der Waals surface area contributed by atoms with Crippen LogP contribution in [-0.2, 0) is 16.1 Å². The maximum Gasteiger partial charge on any atom is 0.333 e. The van der Waals surface area contributed by atoms with Gasteiger partial charge in [0.15, 0.2) is 0 Å². The van der Waals surface area contributed by atoms with E-state index in [4.69, 9.17) is 21.8 Å². The highest BCUT2D eigenvalue weighted by Gasteiger charge is 2.19. The molecule has 0 amide bonds. The Morgan fingerprint density at radius 1 is 0.917 bits per heavy atom. The van der Waals surface area contributed by atoms with Crippen LogP contribution in [-0.4, -0.2) is 68.9 Å². The summed E-state index contributed by atoms with van der Waals surface area (Å²) in [6.45, 7) is 11.3. The number of hydrogen-bond acceptors (Lipinski definition) is 5. The molecule has 2 aromatic carbocycles. The number of halogens is 1. The molecular weight excluding hydrogens is 484 g/mol. The van der Waals surface area contributed by atoms with Crippen molar-refractivity contribution in [1.29, 1.82) is 0 Å². The Hall–Kier alpha value is -3.82. The largest absolute Gasteiger partial charge is 0.478 e. The quantitative estimate of drug-likeness (QED) is 0.466. The zero-order valence-electron chi connectivity index (χ0n) is 20.0. The van der Waals surface area contributed by atoms with E-state index < -0.39 is 11.9 Å². The van der Waals surface area contributed by atoms with E-state index in [2.05, 4.69) is 28.5 Å². The molecule has 1 saturated heterocycles. The summed E-state index contributed by atoms with van der Waals surface area (Å²) >= 11 is 5.99. The van der Waals surface area contributed by atoms with Gasteiger partial charge in [-0.1, -0.05) is 30.3 Å². The molecule has 0 bridgehead atoms. The van der Waals surface area contributed by atoms with Crippen molar-refractivity contribution in [3.63, 3.8) is 0 Å². The number of fused-ring (bicyclic) bond motifs is 1. The Morgan fingerprint density at radius 2 is 1.47 bits per heavy atom. The predicted molar refractivity (Wildman–Crippen MR) is 142 cm³/mol. The second kappa shape index (κ2) is 12.2. The third kappa shape index (κ3) is 6.87. The monoisotopic (exact) mass is 512 g/mol. The Balaban J connectivity index is 0.000000392. The number of carboxylic acids is 2. The number of para-hydroxylation sites is 2. The Kier molecular flexibility index (Phi) is 9.10. The number of anilines is 1. The predicted octanol–water partition coefficient (Wildman–Crippen LogP) is 3.48. The van der Waals surface area contributed by atoms with Gasteiger partial charge in [-0.15, -0.1) is 0 Å². The molecule has 1 fully saturated rings. The number of nitrogens with zero attached hydrogens (tertiary/aromatic N) is 4. The fraction of sp³-hybridized carbons (Fsp3) is 0.269. The number of benzene rings is 2. The van der Waals surface area contributed by atoms with Gasteiger partial charge in [0, 0.05) is 67.8 Å². The molecule has 1 aliphatic rings. The van der Waals surface area contributed by atoms with E-state index in [9.17, 15) is 14.4 Å². The molecule has 0 saturated carbocycles. The molecule has 3 aromatic rings. The van der Waals surface area contributed by atoms with Crippen LogP contribution in [0.15, 0.2) is 72.1 Å². The molecule has 1 aliphatic heterocycles. The lowest BCUT2D eigenvalue weighted by Gasteiger charge is -2.36. The molecule has 9 nitrogen and oxygen atoms in total. The number of aromatic nitrogens is 2. The highest BCUT2D eigenvalue weighted by molar-refractivity contribution is 6.30. The summed E-state index contributed by atoms with van der Waals surface area (Å²) in [6, 6.07) is 15.9. The molecule has 0 aliphatic carbocycles. The Bertz CT molecular complexity index is 1300. The van der Waals surface area contributed by atoms with Gasteiger partial charge in [0.1, 0.15) is 0 Å². The average molecular weight is 513 g/mol. The molecule has 190 valence electrons. The summed E-state index contributed by atoms with van der Waals surface area (Å²) in [5.41, 5.74) is 3.85. The number of allylic oxidation sites excluding steroid dienone is 1. The highest BCUT2D eigenvalue weighted by Crippen LogP contribution is 2.20. The maximum absolute atomic E-state index is 12.9. The minimum atomic E-state index is -1.26. The number of carboxylic acid groups (broad SMARTS) is 2. The lowest BCUT2D eigenvalue weighted by Crippen LogP contribution is -2.47. The average Bonchev–Trinajstić information content (AvgIpc) is 3.14. The van der Waals surface area contributed by atoms with Crippen molar-refractivity contribution in [3.8, 4) is 0 Å². The number of hydrogen-bond donors (Lipinski definition) is 2. The summed E-state index contributed by atoms with van der Waals surface area (Å²) in [4.78, 5) is 36.8. The van der Waals surface area contributed by atoms with Gasteiger partial charge in [-0.25, -0.2) is 14.4 Å². The highest BCUT2D eigenvalue weighted by atomic mass is 35.5. The molecule has 36 heavy (non-hydrogen) atoms. The van der Waals surface area contributed by atoms with Crippen molar-refractivity contribution in [1.82, 2.24) is 14.0 Å². The van der Waals surface area contributed by atoms with Crippen LogP contribution in [0.4, 0.5) is 5.69 Å². The standard InChI is InChI=1S/C22H25ClN4O.C4H4O4/c1-17(2)27-21-6-4-3-5-20(21)26(22(27)28)16-13-24-11-14-25(15-12-24)19-9-7-18(23)8-10-19;5-3(6)1-2-4(7)8/h3-10H,1,11-16H2,2H3;1-2H,(H,5,6)(H,7,8)/b;2-1+. The number of aliphatic carboxylic acids is 2. The fourth-order valence-corrected chi connectivity index (χ4v) is 4.18. The van der Waals surface area contributed by atoms with E-state index >= 15 is 0 Å². The summed E-state index contributed by atoms with van der Waals surface area (Å²) < 4.78 is 3.57. The fourth-order valence-electron chi connectivity index (χ4n) is 4.06. The molecule has 0 unspecified atom stereocenters. The molecule has 0 atom stereocenters. The number of imidazole rings is 1. The summed E-state index contributed by atoms with van der Waals surface area (Å²) in [5.74, 6) is -2.51. The van der Waals surface area contributed by atoms with Crippen LogP contribution in [0.5, 0.6) is 0 Å². The van der Waals surface area contributed by atoms with Crippen LogP contribution in [0.1, 0.15) is 6.92 Å². The van der Waals surface area contributed by atoms with Crippen molar-refractivity contribution in [2.75, 3.05) is 37.6 Å². The first-order chi connectivity index (χ1) is 17.2. The lowest BCUT2D eigenvalue weighted by atomic mass is 10.2. The summed E-state index contributed by atoms with van der Waals surface area (Å²) in [6.07, 6.45) is 1.12. The third-order valence-electron chi connectivity index (χ3n) is 5.79. The third-order valence-corrected chi connectivity index (χ3v) is 6.04. The van der Waals surface area contributed by atoms with Crippen LogP contribution in [0, 0.1) is 0 Å². The summed E-state index contributed by atoms with van der Waals surface area (Å²) in [7, 11) is 0. The van der Waals surface area contributed by atoms with Crippen molar-refractivity contribution in [3.05, 3.63) is 82.8 Å². The van der Waals surface area contributed by atoms with Gasteiger partial charge >= 0.3 is 17.6 Å². The van der Waals surface area contributed by atoms with E-state index in [0.717, 1.165) is 54.5 Å². The van der Waals surface area contributed by atoms with Gasteiger partial charge in [-0.05, 0) is 43.3 Å². The van der Waals surface area contributed by atoms with Crippen LogP contribution < -0.4 is 10.6 Å². The molecular formula is C26H29ClN4O5. The van der Waals surface area contributed by atoms with Gasteiger partial charge in [0.25, 0.3) is 0 Å². The first-order valence-electron chi connectivity index (χ1n) is 11.4. The van der Waals surface area contributed by atoms with Gasteiger partial charge in [0.05, 0.1) is 11.0 Å². The van der Waals surface area contributed by atoms with E-state index in [-0.39, 0.29) is 5.69 Å². The van der Waals surface area contributed by atoms with Gasteiger partial charge in [-0.2, -0.15) is 0 Å². The van der Waals surface area contributed by atoms with Crippen molar-refractivity contribution < 1.29 is 19.8 Å². The van der Waals surface area contributed by atoms with E-state index in [0.29, 0.717) is 18.7 Å². The SMILES string of the molecule is C=C(C)n1c(=O)n(CCN2CCN(c3ccc(Cl)cc3)CC2)c2ccccc21.O=C(O)/C=C/C(=O)O. The molecule has 0 spiro atoms. The van der Waals surface area contributed by atoms with E-state index in [1.807, 2.05) is 47.9 Å². The van der Waals surface area contributed by atoms with Crippen molar-refractivity contribution in [2.24, 2.45) is 0 Å². The normalized spacial score (nSPS) is 14.0. The first kappa shape index (κ1) is 26.8. The molecule has 2 heterocycles. The molecule has 4 rings (SSSR count). The smallest absolute Gasteiger partial charge is 0.333 e. The van der Waals surface area contributed by atoms with E-state index in [1.54, 1.807) is 4.57 Å². The topological polar surface area (TPSA) is 108 Å².